The molecule has 4 rings (SSSR count). The molecule has 1 atom stereocenters. The van der Waals surface area contributed by atoms with E-state index in [0.717, 1.165) is 34.8 Å². The molecule has 0 saturated heterocycles. The Labute approximate surface area is 191 Å². The van der Waals surface area contributed by atoms with Crippen molar-refractivity contribution in [3.8, 4) is 5.75 Å². The molecule has 4 heteroatoms. The Morgan fingerprint density at radius 2 is 1.66 bits per heavy atom. The standard InChI is InChI=1S/C28H32N2O2/c1-5-32-24-16-12-22(13-17-24)20-29-23-14-10-21(11-15-23)18-19-28(31)27(2,3)25-8-6-7-9-26(25)30(28)4/h6-19,29,31H,5,20H2,1-4H3. The van der Waals surface area contributed by atoms with Gasteiger partial charge in [-0.05, 0) is 60.0 Å². The quantitative estimate of drug-likeness (QED) is 0.497. The number of aliphatic hydroxyl groups is 1. The Balaban J connectivity index is 1.42. The highest BCUT2D eigenvalue weighted by atomic mass is 16.5. The number of anilines is 2. The van der Waals surface area contributed by atoms with Crippen molar-refractivity contribution in [2.45, 2.75) is 38.5 Å². The minimum absolute atomic E-state index is 0.423. The van der Waals surface area contributed by atoms with E-state index in [1.807, 2.05) is 55.3 Å². The van der Waals surface area contributed by atoms with Gasteiger partial charge in [-0.25, -0.2) is 0 Å². The van der Waals surface area contributed by atoms with E-state index in [0.29, 0.717) is 6.61 Å². The first-order valence-corrected chi connectivity index (χ1v) is 11.2. The summed E-state index contributed by atoms with van der Waals surface area (Å²) < 4.78 is 5.49. The lowest BCUT2D eigenvalue weighted by atomic mass is 9.77. The minimum Gasteiger partial charge on any atom is -0.494 e. The Bertz CT molecular complexity index is 1090. The minimum atomic E-state index is -1.10. The van der Waals surface area contributed by atoms with Crippen molar-refractivity contribution in [2.24, 2.45) is 0 Å². The van der Waals surface area contributed by atoms with Crippen molar-refractivity contribution in [2.75, 3.05) is 23.9 Å². The first-order chi connectivity index (χ1) is 15.3. The molecule has 1 aliphatic heterocycles. The summed E-state index contributed by atoms with van der Waals surface area (Å²) in [4.78, 5) is 1.96. The van der Waals surface area contributed by atoms with Crippen molar-refractivity contribution in [3.63, 3.8) is 0 Å². The lowest BCUT2D eigenvalue weighted by molar-refractivity contribution is 0.0348. The Kier molecular flexibility index (Phi) is 5.98. The van der Waals surface area contributed by atoms with Crippen molar-refractivity contribution in [1.29, 1.82) is 0 Å². The molecule has 1 heterocycles. The molecule has 0 aromatic heterocycles. The smallest absolute Gasteiger partial charge is 0.166 e. The number of benzene rings is 3. The van der Waals surface area contributed by atoms with Crippen molar-refractivity contribution in [3.05, 3.63) is 95.6 Å². The number of ether oxygens (including phenoxy) is 1. The van der Waals surface area contributed by atoms with Crippen LogP contribution in [-0.2, 0) is 12.0 Å². The summed E-state index contributed by atoms with van der Waals surface area (Å²) in [7, 11) is 1.95. The van der Waals surface area contributed by atoms with Crippen LogP contribution in [0.5, 0.6) is 5.75 Å². The normalized spacial score (nSPS) is 19.2. The van der Waals surface area contributed by atoms with Crippen molar-refractivity contribution >= 4 is 17.5 Å². The number of nitrogens with one attached hydrogen (secondary N) is 1. The third kappa shape index (κ3) is 3.98. The molecule has 3 aromatic carbocycles. The average Bonchev–Trinajstić information content (AvgIpc) is 2.96. The summed E-state index contributed by atoms with van der Waals surface area (Å²) in [5, 5.41) is 15.1. The molecule has 32 heavy (non-hydrogen) atoms. The first-order valence-electron chi connectivity index (χ1n) is 11.2. The number of rotatable bonds is 7. The van der Waals surface area contributed by atoms with Crippen molar-refractivity contribution < 1.29 is 9.84 Å². The second kappa shape index (κ2) is 8.71. The van der Waals surface area contributed by atoms with Crippen LogP contribution >= 0.6 is 0 Å². The molecule has 4 nitrogen and oxygen atoms in total. The monoisotopic (exact) mass is 428 g/mol. The Hall–Kier alpha value is -3.24. The van der Waals surface area contributed by atoms with E-state index in [1.54, 1.807) is 0 Å². The van der Waals surface area contributed by atoms with Crippen LogP contribution in [-0.4, -0.2) is 24.5 Å². The maximum Gasteiger partial charge on any atom is 0.166 e. The number of hydrogen-bond acceptors (Lipinski definition) is 4. The van der Waals surface area contributed by atoms with Gasteiger partial charge in [0.1, 0.15) is 5.75 Å². The number of nitrogens with zero attached hydrogens (tertiary/aromatic N) is 1. The zero-order valence-corrected chi connectivity index (χ0v) is 19.3. The van der Waals surface area contributed by atoms with E-state index in [2.05, 4.69) is 67.7 Å². The highest BCUT2D eigenvalue weighted by Crippen LogP contribution is 2.50. The molecule has 3 aromatic rings. The van der Waals surface area contributed by atoms with Gasteiger partial charge in [0.2, 0.25) is 0 Å². The van der Waals surface area contributed by atoms with E-state index in [4.69, 9.17) is 4.74 Å². The lowest BCUT2D eigenvalue weighted by Gasteiger charge is -2.39. The van der Waals surface area contributed by atoms with Crippen LogP contribution in [0.2, 0.25) is 0 Å². The largest absolute Gasteiger partial charge is 0.494 e. The van der Waals surface area contributed by atoms with E-state index in [1.165, 1.54) is 5.56 Å². The SMILES string of the molecule is CCOc1ccc(CNc2ccc(C=CC3(O)N(C)c4ccccc4C3(C)C)cc2)cc1. The maximum atomic E-state index is 11.6. The summed E-state index contributed by atoms with van der Waals surface area (Å²) in [6.07, 6.45) is 3.91. The fraction of sp³-hybridized carbons (Fsp3) is 0.286. The summed E-state index contributed by atoms with van der Waals surface area (Å²) in [6, 6.07) is 24.6. The van der Waals surface area contributed by atoms with Crippen LogP contribution in [0.25, 0.3) is 6.08 Å². The third-order valence-electron chi connectivity index (χ3n) is 6.52. The molecule has 2 N–H and O–H groups in total. The van der Waals surface area contributed by atoms with Gasteiger partial charge < -0.3 is 20.1 Å². The highest BCUT2D eigenvalue weighted by molar-refractivity contribution is 5.68. The Morgan fingerprint density at radius 3 is 2.31 bits per heavy atom. The van der Waals surface area contributed by atoms with Crippen molar-refractivity contribution in [1.82, 2.24) is 0 Å². The molecule has 0 aliphatic carbocycles. The summed E-state index contributed by atoms with van der Waals surface area (Å²) >= 11 is 0. The fourth-order valence-electron chi connectivity index (χ4n) is 4.41. The van der Waals surface area contributed by atoms with Crippen LogP contribution in [0.15, 0.2) is 78.9 Å². The van der Waals surface area contributed by atoms with Crippen LogP contribution in [0, 0.1) is 0 Å². The van der Waals surface area contributed by atoms with Gasteiger partial charge in [0.05, 0.1) is 6.61 Å². The zero-order chi connectivity index (χ0) is 22.8. The second-order valence-corrected chi connectivity index (χ2v) is 8.81. The summed E-state index contributed by atoms with van der Waals surface area (Å²) in [5.41, 5.74) is 4.01. The number of likely N-dealkylation sites (N-methyl/N-ethyl adjacent to an activating group) is 1. The molecule has 0 spiro atoms. The Morgan fingerprint density at radius 1 is 0.969 bits per heavy atom. The van der Waals surface area contributed by atoms with Gasteiger partial charge in [-0.15, -0.1) is 0 Å². The van der Waals surface area contributed by atoms with Crippen LogP contribution in [0.4, 0.5) is 11.4 Å². The molecule has 166 valence electrons. The van der Waals surface area contributed by atoms with E-state index in [9.17, 15) is 5.11 Å². The molecule has 0 saturated carbocycles. The maximum absolute atomic E-state index is 11.6. The first kappa shape index (κ1) is 22.0. The van der Waals surface area contributed by atoms with Crippen LogP contribution < -0.4 is 15.0 Å². The number of hydrogen-bond donors (Lipinski definition) is 2. The van der Waals surface area contributed by atoms with E-state index < -0.39 is 11.1 Å². The number of para-hydroxylation sites is 1. The topological polar surface area (TPSA) is 44.7 Å². The molecular formula is C28H32N2O2. The van der Waals surface area contributed by atoms with Gasteiger partial charge in [-0.3, -0.25) is 0 Å². The molecule has 0 amide bonds. The van der Waals surface area contributed by atoms with Gasteiger partial charge in [0.15, 0.2) is 5.72 Å². The summed E-state index contributed by atoms with van der Waals surface area (Å²) in [6.45, 7) is 7.59. The fourth-order valence-corrected chi connectivity index (χ4v) is 4.41. The third-order valence-corrected chi connectivity index (χ3v) is 6.52. The van der Waals surface area contributed by atoms with Gasteiger partial charge >= 0.3 is 0 Å². The second-order valence-electron chi connectivity index (χ2n) is 8.81. The van der Waals surface area contributed by atoms with E-state index in [-0.39, 0.29) is 0 Å². The average molecular weight is 429 g/mol. The predicted octanol–water partition coefficient (Wildman–Crippen LogP) is 5.83. The molecule has 0 fully saturated rings. The lowest BCUT2D eigenvalue weighted by Crippen LogP contribution is -2.52. The number of fused-ring (bicyclic) bond motifs is 1. The molecule has 1 aliphatic rings. The zero-order valence-electron chi connectivity index (χ0n) is 19.3. The van der Waals surface area contributed by atoms with Gasteiger partial charge in [0.25, 0.3) is 0 Å². The van der Waals surface area contributed by atoms with Gasteiger partial charge in [-0.2, -0.15) is 0 Å². The highest BCUT2D eigenvalue weighted by Gasteiger charge is 2.53. The molecule has 1 unspecified atom stereocenters. The molecular weight excluding hydrogens is 396 g/mol. The molecule has 0 radical (unpaired) electrons. The van der Waals surface area contributed by atoms with Crippen LogP contribution in [0.3, 0.4) is 0 Å². The van der Waals surface area contributed by atoms with E-state index >= 15 is 0 Å². The summed E-state index contributed by atoms with van der Waals surface area (Å²) in [5.74, 6) is 0.897. The van der Waals surface area contributed by atoms with Gasteiger partial charge in [0, 0.05) is 30.4 Å². The predicted molar refractivity (Wildman–Crippen MR) is 133 cm³/mol. The molecule has 0 bridgehead atoms. The van der Waals surface area contributed by atoms with Gasteiger partial charge in [-0.1, -0.05) is 62.4 Å². The van der Waals surface area contributed by atoms with Crippen LogP contribution in [0.1, 0.15) is 37.5 Å².